The number of piperidine rings is 1. The monoisotopic (exact) mass is 426 g/mol. The Morgan fingerprint density at radius 3 is 2.63 bits per heavy atom. The van der Waals surface area contributed by atoms with E-state index in [-0.39, 0.29) is 30.2 Å². The first-order valence-electron chi connectivity index (χ1n) is 10.9. The summed E-state index contributed by atoms with van der Waals surface area (Å²) >= 11 is 0. The molecule has 3 aliphatic rings. The summed E-state index contributed by atoms with van der Waals surface area (Å²) in [6, 6.07) is -0.834. The van der Waals surface area contributed by atoms with Crippen molar-refractivity contribution in [3.63, 3.8) is 0 Å². The number of urea groups is 1. The Hall–Kier alpha value is -2.07. The highest BCUT2D eigenvalue weighted by atomic mass is 16.7. The molecular weight excluding hydrogens is 392 g/mol. The number of amides is 4. The van der Waals surface area contributed by atoms with Crippen molar-refractivity contribution in [2.24, 2.45) is 0 Å². The van der Waals surface area contributed by atoms with Gasteiger partial charge in [-0.2, -0.15) is 5.06 Å². The Morgan fingerprint density at radius 1 is 1.17 bits per heavy atom. The Bertz CT molecular complexity index is 652. The smallest absolute Gasteiger partial charge is 0.410 e. The molecule has 0 spiro atoms. The van der Waals surface area contributed by atoms with E-state index >= 15 is 0 Å². The fraction of sp³-hybridized carbons (Fsp3) is 0.850. The van der Waals surface area contributed by atoms with Crippen LogP contribution in [0.2, 0.25) is 0 Å². The van der Waals surface area contributed by atoms with Crippen LogP contribution < -0.4 is 5.48 Å². The average Bonchev–Trinajstić information content (AvgIpc) is 3.24. The summed E-state index contributed by atoms with van der Waals surface area (Å²) < 4.78 is 5.36. The Morgan fingerprint density at radius 2 is 1.93 bits per heavy atom. The standard InChI is InChI=1S/C20H34N4O6/c1-5-6-11-28-24-14-7-8-16(23(12-14)18(24)26)17(25)21-30-15-9-10-22(13-15)19(27)29-20(2,3)4/h14-16H,5-13H2,1-4H3,(H,21,25)/t14-,15?,16-/m0/s1. The molecule has 3 heterocycles. The number of rotatable bonds is 7. The van der Waals surface area contributed by atoms with E-state index in [9.17, 15) is 14.4 Å². The number of fused-ring (bicyclic) bond motifs is 2. The first-order chi connectivity index (χ1) is 14.2. The van der Waals surface area contributed by atoms with Gasteiger partial charge in [-0.15, -0.1) is 0 Å². The molecule has 1 N–H and O–H groups in total. The maximum absolute atomic E-state index is 12.7. The molecule has 4 amide bonds. The van der Waals surface area contributed by atoms with Gasteiger partial charge in [0.05, 0.1) is 19.2 Å². The number of nitrogens with zero attached hydrogens (tertiary/aromatic N) is 3. The van der Waals surface area contributed by atoms with Crippen molar-refractivity contribution in [1.29, 1.82) is 0 Å². The highest BCUT2D eigenvalue weighted by Crippen LogP contribution is 2.30. The number of nitrogens with one attached hydrogen (secondary N) is 1. The molecule has 3 aliphatic heterocycles. The number of hydrogen-bond donors (Lipinski definition) is 1. The van der Waals surface area contributed by atoms with Crippen molar-refractivity contribution in [2.45, 2.75) is 83.6 Å². The molecule has 2 bridgehead atoms. The van der Waals surface area contributed by atoms with Gasteiger partial charge in [-0.1, -0.05) is 13.3 Å². The third kappa shape index (κ3) is 5.34. The predicted octanol–water partition coefficient (Wildman–Crippen LogP) is 2.04. The van der Waals surface area contributed by atoms with Crippen LogP contribution in [0.3, 0.4) is 0 Å². The van der Waals surface area contributed by atoms with Crippen molar-refractivity contribution < 1.29 is 28.8 Å². The van der Waals surface area contributed by atoms with Crippen LogP contribution in [0.15, 0.2) is 0 Å². The lowest BCUT2D eigenvalue weighted by molar-refractivity contribution is -0.143. The molecular formula is C20H34N4O6. The molecule has 0 aromatic carbocycles. The number of unbranched alkanes of at least 4 members (excludes halogenated alkanes) is 1. The minimum Gasteiger partial charge on any atom is -0.444 e. The largest absolute Gasteiger partial charge is 0.444 e. The van der Waals surface area contributed by atoms with Gasteiger partial charge in [0.1, 0.15) is 17.7 Å². The third-order valence-electron chi connectivity index (χ3n) is 5.48. The van der Waals surface area contributed by atoms with Crippen LogP contribution in [0, 0.1) is 0 Å². The average molecular weight is 427 g/mol. The molecule has 0 aliphatic carbocycles. The van der Waals surface area contributed by atoms with E-state index in [1.54, 1.807) is 9.80 Å². The molecule has 0 aromatic heterocycles. The second kappa shape index (κ2) is 9.38. The first-order valence-corrected chi connectivity index (χ1v) is 10.9. The SMILES string of the molecule is CCCCON1C(=O)N2C[C@@H]1CC[C@H]2C(=O)NOC1CCN(C(=O)OC(C)(C)C)C1. The molecule has 170 valence electrons. The van der Waals surface area contributed by atoms with Crippen LogP contribution in [0.25, 0.3) is 0 Å². The molecule has 10 nitrogen and oxygen atoms in total. The fourth-order valence-corrected chi connectivity index (χ4v) is 3.90. The van der Waals surface area contributed by atoms with Crippen LogP contribution in [0.4, 0.5) is 9.59 Å². The summed E-state index contributed by atoms with van der Waals surface area (Å²) in [7, 11) is 0. The highest BCUT2D eigenvalue weighted by molar-refractivity contribution is 5.88. The molecule has 30 heavy (non-hydrogen) atoms. The summed E-state index contributed by atoms with van der Waals surface area (Å²) in [5.41, 5.74) is 1.95. The van der Waals surface area contributed by atoms with Gasteiger partial charge in [-0.05, 0) is 46.5 Å². The second-order valence-electron chi connectivity index (χ2n) is 9.12. The van der Waals surface area contributed by atoms with Gasteiger partial charge in [0, 0.05) is 13.1 Å². The van der Waals surface area contributed by atoms with Crippen molar-refractivity contribution in [2.75, 3.05) is 26.2 Å². The van der Waals surface area contributed by atoms with Gasteiger partial charge < -0.3 is 14.5 Å². The van der Waals surface area contributed by atoms with Crippen LogP contribution in [-0.2, 0) is 19.2 Å². The number of carbonyl (C=O) groups excluding carboxylic acids is 3. The van der Waals surface area contributed by atoms with E-state index in [1.807, 2.05) is 20.8 Å². The Kier molecular flexibility index (Phi) is 7.07. The number of hydrogen-bond acceptors (Lipinski definition) is 6. The lowest BCUT2D eigenvalue weighted by Crippen LogP contribution is -2.50. The zero-order valence-electron chi connectivity index (χ0n) is 18.4. The van der Waals surface area contributed by atoms with E-state index in [2.05, 4.69) is 12.4 Å². The van der Waals surface area contributed by atoms with Crippen LogP contribution in [0.1, 0.15) is 59.8 Å². The topological polar surface area (TPSA) is 101 Å². The number of ether oxygens (including phenoxy) is 1. The minimum absolute atomic E-state index is 0.00320. The quantitative estimate of drug-likeness (QED) is 0.494. The number of carbonyl (C=O) groups is 3. The molecule has 3 saturated heterocycles. The Balaban J connectivity index is 1.45. The van der Waals surface area contributed by atoms with Gasteiger partial charge in [-0.25, -0.2) is 15.1 Å². The van der Waals surface area contributed by atoms with Gasteiger partial charge in [0.25, 0.3) is 5.91 Å². The molecule has 10 heteroatoms. The van der Waals surface area contributed by atoms with Crippen LogP contribution in [-0.4, -0.2) is 82.9 Å². The zero-order valence-corrected chi connectivity index (χ0v) is 18.4. The second-order valence-corrected chi connectivity index (χ2v) is 9.12. The lowest BCUT2D eigenvalue weighted by Gasteiger charge is -2.29. The summed E-state index contributed by atoms with van der Waals surface area (Å²) in [6.45, 7) is 9.37. The van der Waals surface area contributed by atoms with Crippen molar-refractivity contribution >= 4 is 18.0 Å². The lowest BCUT2D eigenvalue weighted by atomic mass is 10.0. The Labute approximate surface area is 177 Å². The van der Waals surface area contributed by atoms with E-state index in [0.717, 1.165) is 12.8 Å². The van der Waals surface area contributed by atoms with Crippen LogP contribution >= 0.6 is 0 Å². The fourth-order valence-electron chi connectivity index (χ4n) is 3.90. The molecule has 3 fully saturated rings. The molecule has 0 aromatic rings. The van der Waals surface area contributed by atoms with E-state index in [4.69, 9.17) is 14.4 Å². The van der Waals surface area contributed by atoms with E-state index in [1.165, 1.54) is 5.06 Å². The molecule has 0 radical (unpaired) electrons. The summed E-state index contributed by atoms with van der Waals surface area (Å²) in [5, 5.41) is 1.43. The molecule has 3 rings (SSSR count). The zero-order chi connectivity index (χ0) is 21.9. The minimum atomic E-state index is -0.572. The van der Waals surface area contributed by atoms with E-state index < -0.39 is 11.6 Å². The van der Waals surface area contributed by atoms with Gasteiger partial charge in [0.2, 0.25) is 0 Å². The molecule has 3 atom stereocenters. The highest BCUT2D eigenvalue weighted by Gasteiger charge is 2.48. The van der Waals surface area contributed by atoms with Crippen molar-refractivity contribution in [3.8, 4) is 0 Å². The van der Waals surface area contributed by atoms with Gasteiger partial charge in [-0.3, -0.25) is 14.5 Å². The summed E-state index contributed by atoms with van der Waals surface area (Å²) in [5.74, 6) is -0.340. The van der Waals surface area contributed by atoms with E-state index in [0.29, 0.717) is 45.5 Å². The summed E-state index contributed by atoms with van der Waals surface area (Å²) in [6.07, 6.45) is 3.07. The maximum atomic E-state index is 12.7. The maximum Gasteiger partial charge on any atom is 0.410 e. The molecule has 1 unspecified atom stereocenters. The predicted molar refractivity (Wildman–Crippen MR) is 107 cm³/mol. The number of hydroxylamine groups is 3. The van der Waals surface area contributed by atoms with Crippen molar-refractivity contribution in [1.82, 2.24) is 20.3 Å². The van der Waals surface area contributed by atoms with Gasteiger partial charge in [0.15, 0.2) is 0 Å². The van der Waals surface area contributed by atoms with Gasteiger partial charge >= 0.3 is 12.1 Å². The first kappa shape index (κ1) is 22.6. The third-order valence-corrected chi connectivity index (χ3v) is 5.48. The molecule has 0 saturated carbocycles. The normalized spacial score (nSPS) is 26.3. The number of likely N-dealkylation sites (tertiary alicyclic amines) is 1. The van der Waals surface area contributed by atoms with Crippen molar-refractivity contribution in [3.05, 3.63) is 0 Å². The van der Waals surface area contributed by atoms with Crippen LogP contribution in [0.5, 0.6) is 0 Å². The summed E-state index contributed by atoms with van der Waals surface area (Å²) in [4.78, 5) is 51.8.